The van der Waals surface area contributed by atoms with E-state index in [1.165, 1.54) is 51.4 Å². The van der Waals surface area contributed by atoms with Crippen molar-refractivity contribution < 1.29 is 0 Å². The van der Waals surface area contributed by atoms with Gasteiger partial charge in [0, 0.05) is 0 Å². The molecule has 0 aromatic carbocycles. The smallest absolute Gasteiger partial charge is 0.0172 e. The maximum atomic E-state index is 2.67. The van der Waals surface area contributed by atoms with E-state index in [2.05, 4.69) is 47.6 Å². The number of hydrogen-bond donors (Lipinski definition) is 0. The molecule has 0 heterocycles. The van der Waals surface area contributed by atoms with Crippen molar-refractivity contribution in [2.75, 3.05) is 0 Å². The minimum atomic E-state index is 0.848. The van der Waals surface area contributed by atoms with Gasteiger partial charge in [-0.05, 0) is 61.7 Å². The number of rotatable bonds is 8. The molecular formula is C21H40. The minimum Gasteiger partial charge on any atom is -0.0845 e. The van der Waals surface area contributed by atoms with Gasteiger partial charge in [0.05, 0.1) is 0 Å². The molecule has 0 amide bonds. The molecule has 0 saturated heterocycles. The summed E-state index contributed by atoms with van der Waals surface area (Å²) in [5.74, 6) is 4.39. The van der Waals surface area contributed by atoms with Gasteiger partial charge in [0.15, 0.2) is 0 Å². The van der Waals surface area contributed by atoms with E-state index in [1.54, 1.807) is 0 Å². The van der Waals surface area contributed by atoms with E-state index in [-0.39, 0.29) is 0 Å². The summed E-state index contributed by atoms with van der Waals surface area (Å²) in [6.45, 7) is 14.4. The van der Waals surface area contributed by atoms with Gasteiger partial charge < -0.3 is 0 Å². The summed E-state index contributed by atoms with van der Waals surface area (Å²) >= 11 is 0. The van der Waals surface area contributed by atoms with Crippen LogP contribution < -0.4 is 0 Å². The van der Waals surface area contributed by atoms with Crippen molar-refractivity contribution in [3.63, 3.8) is 0 Å². The zero-order valence-corrected chi connectivity index (χ0v) is 15.6. The molecule has 5 unspecified atom stereocenters. The largest absolute Gasteiger partial charge is 0.0845 e. The van der Waals surface area contributed by atoms with Gasteiger partial charge in [0.1, 0.15) is 0 Å². The Morgan fingerprint density at radius 3 is 2.38 bits per heavy atom. The molecule has 0 spiro atoms. The molecule has 1 rings (SSSR count). The highest BCUT2D eigenvalue weighted by molar-refractivity contribution is 5.15. The molecule has 0 nitrogen and oxygen atoms in total. The van der Waals surface area contributed by atoms with Crippen LogP contribution in [0.25, 0.3) is 0 Å². The van der Waals surface area contributed by atoms with Crippen LogP contribution in [0.5, 0.6) is 0 Å². The van der Waals surface area contributed by atoms with Crippen molar-refractivity contribution in [1.82, 2.24) is 0 Å². The highest BCUT2D eigenvalue weighted by Gasteiger charge is 2.32. The molecule has 0 aromatic heterocycles. The highest BCUT2D eigenvalue weighted by Crippen LogP contribution is 2.43. The fourth-order valence-electron chi connectivity index (χ4n) is 4.14. The quantitative estimate of drug-likeness (QED) is 0.413. The van der Waals surface area contributed by atoms with Gasteiger partial charge >= 0.3 is 0 Å². The second-order valence-electron chi connectivity index (χ2n) is 7.85. The first-order chi connectivity index (χ1) is 10.0. The molecular weight excluding hydrogens is 252 g/mol. The van der Waals surface area contributed by atoms with Crippen molar-refractivity contribution in [1.29, 1.82) is 0 Å². The van der Waals surface area contributed by atoms with Crippen LogP contribution in [0.1, 0.15) is 92.9 Å². The van der Waals surface area contributed by atoms with Crippen LogP contribution >= 0.6 is 0 Å². The van der Waals surface area contributed by atoms with Crippen LogP contribution in [-0.2, 0) is 0 Å². The van der Waals surface area contributed by atoms with Gasteiger partial charge in [-0.2, -0.15) is 0 Å². The summed E-state index contributed by atoms with van der Waals surface area (Å²) in [4.78, 5) is 0. The molecule has 1 aliphatic rings. The van der Waals surface area contributed by atoms with Gasteiger partial charge in [0.2, 0.25) is 0 Å². The van der Waals surface area contributed by atoms with Crippen molar-refractivity contribution in [2.45, 2.75) is 92.9 Å². The minimum absolute atomic E-state index is 0.848. The van der Waals surface area contributed by atoms with E-state index in [1.807, 2.05) is 5.57 Å². The Hall–Kier alpha value is -0.260. The molecule has 1 saturated carbocycles. The molecule has 21 heavy (non-hydrogen) atoms. The molecule has 124 valence electrons. The third-order valence-corrected chi connectivity index (χ3v) is 5.94. The lowest BCUT2D eigenvalue weighted by molar-refractivity contribution is 0.230. The summed E-state index contributed by atoms with van der Waals surface area (Å²) in [6.07, 6.45) is 13.7. The van der Waals surface area contributed by atoms with Crippen molar-refractivity contribution in [3.8, 4) is 0 Å². The fraction of sp³-hybridized carbons (Fsp3) is 0.905. The predicted molar refractivity (Wildman–Crippen MR) is 96.5 cm³/mol. The normalized spacial score (nSPS) is 31.3. The monoisotopic (exact) mass is 292 g/mol. The molecule has 0 aliphatic heterocycles. The van der Waals surface area contributed by atoms with Gasteiger partial charge in [-0.1, -0.05) is 72.5 Å². The number of hydrogen-bond acceptors (Lipinski definition) is 0. The molecule has 0 radical (unpaired) electrons. The van der Waals surface area contributed by atoms with Crippen LogP contribution in [0.15, 0.2) is 11.6 Å². The first-order valence-electron chi connectivity index (χ1n) is 9.73. The van der Waals surface area contributed by atoms with Crippen LogP contribution in [0, 0.1) is 29.6 Å². The highest BCUT2D eigenvalue weighted by atomic mass is 14.4. The average Bonchev–Trinajstić information content (AvgIpc) is 2.47. The van der Waals surface area contributed by atoms with E-state index >= 15 is 0 Å². The lowest BCUT2D eigenvalue weighted by atomic mass is 9.67. The van der Waals surface area contributed by atoms with Crippen molar-refractivity contribution in [2.24, 2.45) is 29.6 Å². The SMILES string of the molecule is CCCC(C)CC1/C(=C/CC(C)CC)C(CC)CCC1C. The van der Waals surface area contributed by atoms with Gasteiger partial charge in [0.25, 0.3) is 0 Å². The van der Waals surface area contributed by atoms with E-state index in [0.717, 1.165) is 29.6 Å². The maximum absolute atomic E-state index is 2.67. The Morgan fingerprint density at radius 1 is 1.10 bits per heavy atom. The fourth-order valence-corrected chi connectivity index (χ4v) is 4.14. The standard InChI is InChI=1S/C21H40/c1-7-10-17(5)15-21-18(6)12-13-19(9-3)20(21)14-11-16(4)8-2/h14,16-19,21H,7-13,15H2,1-6H3/b20-14+. The van der Waals surface area contributed by atoms with Gasteiger partial charge in [-0.15, -0.1) is 0 Å². The molecule has 0 bridgehead atoms. The summed E-state index contributed by atoms with van der Waals surface area (Å²) in [6, 6.07) is 0. The zero-order chi connectivity index (χ0) is 15.8. The lowest BCUT2D eigenvalue weighted by Gasteiger charge is -2.39. The third kappa shape index (κ3) is 5.80. The van der Waals surface area contributed by atoms with Gasteiger partial charge in [-0.3, -0.25) is 0 Å². The van der Waals surface area contributed by atoms with E-state index in [0.29, 0.717) is 0 Å². The topological polar surface area (TPSA) is 0 Å². The van der Waals surface area contributed by atoms with Crippen LogP contribution in [0.4, 0.5) is 0 Å². The van der Waals surface area contributed by atoms with Crippen molar-refractivity contribution in [3.05, 3.63) is 11.6 Å². The zero-order valence-electron chi connectivity index (χ0n) is 15.6. The van der Waals surface area contributed by atoms with E-state index < -0.39 is 0 Å². The average molecular weight is 293 g/mol. The Labute approximate surface area is 134 Å². The summed E-state index contributed by atoms with van der Waals surface area (Å²) in [5, 5.41) is 0. The molecule has 0 aromatic rings. The Kier molecular flexibility index (Phi) is 8.67. The lowest BCUT2D eigenvalue weighted by Crippen LogP contribution is -2.27. The van der Waals surface area contributed by atoms with E-state index in [4.69, 9.17) is 0 Å². The molecule has 0 heteroatoms. The summed E-state index contributed by atoms with van der Waals surface area (Å²) in [5.41, 5.74) is 1.85. The second-order valence-corrected chi connectivity index (χ2v) is 7.85. The molecule has 5 atom stereocenters. The third-order valence-electron chi connectivity index (χ3n) is 5.94. The predicted octanol–water partition coefficient (Wildman–Crippen LogP) is 7.25. The number of allylic oxidation sites excluding steroid dienone is 2. The van der Waals surface area contributed by atoms with Crippen LogP contribution in [0.2, 0.25) is 0 Å². The molecule has 1 aliphatic carbocycles. The molecule has 1 fully saturated rings. The van der Waals surface area contributed by atoms with E-state index in [9.17, 15) is 0 Å². The Balaban J connectivity index is 2.84. The molecule has 0 N–H and O–H groups in total. The first-order valence-corrected chi connectivity index (χ1v) is 9.73. The second kappa shape index (κ2) is 9.70. The Bertz CT molecular complexity index is 301. The maximum Gasteiger partial charge on any atom is -0.0172 e. The Morgan fingerprint density at radius 2 is 1.81 bits per heavy atom. The summed E-state index contributed by atoms with van der Waals surface area (Å²) < 4.78 is 0. The van der Waals surface area contributed by atoms with Crippen molar-refractivity contribution >= 4 is 0 Å². The van der Waals surface area contributed by atoms with Gasteiger partial charge in [-0.25, -0.2) is 0 Å². The first kappa shape index (κ1) is 18.8. The summed E-state index contributed by atoms with van der Waals surface area (Å²) in [7, 11) is 0. The van der Waals surface area contributed by atoms with Crippen LogP contribution in [0.3, 0.4) is 0 Å². The van der Waals surface area contributed by atoms with Crippen LogP contribution in [-0.4, -0.2) is 0 Å².